The minimum absolute atomic E-state index is 0.117. The molecule has 2 aliphatic heterocycles. The van der Waals surface area contributed by atoms with Gasteiger partial charge >= 0.3 is 0 Å². The molecule has 4 heterocycles. The number of aromatic nitrogens is 2. The van der Waals surface area contributed by atoms with Crippen molar-refractivity contribution in [3.05, 3.63) is 59.7 Å². The molecule has 0 amide bonds. The number of pyridine rings is 2. The predicted octanol–water partition coefficient (Wildman–Crippen LogP) is 1.90. The summed E-state index contributed by atoms with van der Waals surface area (Å²) in [5.74, 6) is 0.117. The number of hydrogen-bond acceptors (Lipinski definition) is 7. The quantitative estimate of drug-likeness (QED) is 0.720. The number of piperazine rings is 1. The van der Waals surface area contributed by atoms with Gasteiger partial charge in [0, 0.05) is 58.3 Å². The lowest BCUT2D eigenvalue weighted by atomic mass is 9.81. The van der Waals surface area contributed by atoms with E-state index < -0.39 is 5.54 Å². The highest BCUT2D eigenvalue weighted by atomic mass is 16.5. The average molecular weight is 391 g/mol. The van der Waals surface area contributed by atoms with E-state index in [9.17, 15) is 4.79 Å². The van der Waals surface area contributed by atoms with E-state index in [0.29, 0.717) is 37.4 Å². The number of nitrogens with zero attached hydrogens (tertiary/aromatic N) is 5. The van der Waals surface area contributed by atoms with Gasteiger partial charge in [0.05, 0.1) is 5.54 Å². The summed E-state index contributed by atoms with van der Waals surface area (Å²) in [5.41, 5.74) is 1.56. The Bertz CT molecular complexity index is 864. The first kappa shape index (κ1) is 19.6. The predicted molar refractivity (Wildman–Crippen MR) is 107 cm³/mol. The molecule has 0 aromatic carbocycles. The molecule has 0 bridgehead atoms. The molecular weight excluding hydrogens is 366 g/mol. The number of carbonyl (C=O) groups excluding carboxylic acids is 1. The third kappa shape index (κ3) is 4.20. The Hall–Kier alpha value is -2.66. The van der Waals surface area contributed by atoms with Crippen molar-refractivity contribution < 1.29 is 9.53 Å². The second kappa shape index (κ2) is 8.78. The zero-order valence-corrected chi connectivity index (χ0v) is 16.5. The smallest absolute Gasteiger partial charge is 0.201 e. The first-order chi connectivity index (χ1) is 14.2. The second-order valence-electron chi connectivity index (χ2n) is 7.61. The maximum Gasteiger partial charge on any atom is 0.201 e. The minimum atomic E-state index is -0.519. The van der Waals surface area contributed by atoms with Crippen LogP contribution in [0.4, 0.5) is 0 Å². The SMILES string of the molecule is N#Cc1ccc(CN2CCN(C3(C(=O)c4ccccn4)CCOCC3)CC2)cn1. The third-order valence-electron chi connectivity index (χ3n) is 5.96. The standard InChI is InChI=1S/C22H25N5O2/c23-15-19-5-4-18(16-25-19)17-26-9-11-27(12-10-26)22(6-13-29-14-7-22)21(28)20-3-1-2-8-24-20/h1-5,8,16H,6-7,9-14,17H2. The number of hydrogen-bond donors (Lipinski definition) is 0. The monoisotopic (exact) mass is 391 g/mol. The number of ether oxygens (including phenoxy) is 1. The maximum atomic E-state index is 13.4. The molecule has 29 heavy (non-hydrogen) atoms. The van der Waals surface area contributed by atoms with Gasteiger partial charge in [-0.05, 0) is 36.6 Å². The van der Waals surface area contributed by atoms with E-state index in [2.05, 4.69) is 19.8 Å². The van der Waals surface area contributed by atoms with E-state index in [1.807, 2.05) is 30.3 Å². The van der Waals surface area contributed by atoms with Crippen LogP contribution in [0.2, 0.25) is 0 Å². The van der Waals surface area contributed by atoms with Gasteiger partial charge in [-0.25, -0.2) is 4.98 Å². The lowest BCUT2D eigenvalue weighted by molar-refractivity contribution is -0.0340. The molecule has 0 aliphatic carbocycles. The Morgan fingerprint density at radius 1 is 1.10 bits per heavy atom. The van der Waals surface area contributed by atoms with E-state index in [1.165, 1.54) is 0 Å². The van der Waals surface area contributed by atoms with Crippen molar-refractivity contribution in [2.45, 2.75) is 24.9 Å². The van der Waals surface area contributed by atoms with Crippen LogP contribution < -0.4 is 0 Å². The van der Waals surface area contributed by atoms with E-state index in [-0.39, 0.29) is 5.78 Å². The van der Waals surface area contributed by atoms with Crippen LogP contribution in [0.5, 0.6) is 0 Å². The van der Waals surface area contributed by atoms with Gasteiger partial charge in [-0.1, -0.05) is 12.1 Å². The second-order valence-corrected chi connectivity index (χ2v) is 7.61. The van der Waals surface area contributed by atoms with Crippen LogP contribution in [0.1, 0.15) is 34.6 Å². The van der Waals surface area contributed by atoms with Crippen LogP contribution >= 0.6 is 0 Å². The van der Waals surface area contributed by atoms with Crippen molar-refractivity contribution in [1.82, 2.24) is 19.8 Å². The summed E-state index contributed by atoms with van der Waals surface area (Å²) in [7, 11) is 0. The van der Waals surface area contributed by atoms with E-state index in [1.54, 1.807) is 18.5 Å². The van der Waals surface area contributed by atoms with Gasteiger partial charge in [0.1, 0.15) is 17.5 Å². The van der Waals surface area contributed by atoms with Crippen molar-refractivity contribution in [2.24, 2.45) is 0 Å². The Balaban J connectivity index is 1.44. The van der Waals surface area contributed by atoms with Crippen LogP contribution in [0, 0.1) is 11.3 Å². The molecule has 0 atom stereocenters. The lowest BCUT2D eigenvalue weighted by Gasteiger charge is -2.48. The maximum absolute atomic E-state index is 13.4. The molecule has 2 aliphatic rings. The van der Waals surface area contributed by atoms with Crippen LogP contribution in [-0.4, -0.2) is 70.5 Å². The summed E-state index contributed by atoms with van der Waals surface area (Å²) >= 11 is 0. The molecule has 2 aromatic heterocycles. The Morgan fingerprint density at radius 2 is 1.90 bits per heavy atom. The largest absolute Gasteiger partial charge is 0.381 e. The zero-order chi connectivity index (χ0) is 20.1. The van der Waals surface area contributed by atoms with Crippen molar-refractivity contribution in [1.29, 1.82) is 5.26 Å². The molecule has 0 N–H and O–H groups in total. The molecule has 2 aromatic rings. The van der Waals surface area contributed by atoms with E-state index >= 15 is 0 Å². The van der Waals surface area contributed by atoms with Crippen molar-refractivity contribution in [2.75, 3.05) is 39.4 Å². The fourth-order valence-corrected chi connectivity index (χ4v) is 4.31. The van der Waals surface area contributed by atoms with Gasteiger partial charge in [-0.15, -0.1) is 0 Å². The summed E-state index contributed by atoms with van der Waals surface area (Å²) < 4.78 is 5.58. The van der Waals surface area contributed by atoms with Crippen LogP contribution in [0.25, 0.3) is 0 Å². The number of rotatable bonds is 5. The molecule has 7 heteroatoms. The van der Waals surface area contributed by atoms with E-state index in [4.69, 9.17) is 10.00 Å². The van der Waals surface area contributed by atoms with Gasteiger partial charge < -0.3 is 4.74 Å². The molecule has 0 radical (unpaired) electrons. The van der Waals surface area contributed by atoms with Crippen molar-refractivity contribution >= 4 is 5.78 Å². The summed E-state index contributed by atoms with van der Waals surface area (Å²) in [6.45, 7) is 5.46. The normalized spacial score (nSPS) is 20.1. The van der Waals surface area contributed by atoms with Crippen LogP contribution in [0.15, 0.2) is 42.7 Å². The van der Waals surface area contributed by atoms with E-state index in [0.717, 1.165) is 38.3 Å². The fourth-order valence-electron chi connectivity index (χ4n) is 4.31. The highest BCUT2D eigenvalue weighted by Gasteiger charge is 2.46. The van der Waals surface area contributed by atoms with Crippen molar-refractivity contribution in [3.63, 3.8) is 0 Å². The number of carbonyl (C=O) groups is 1. The van der Waals surface area contributed by atoms with Gasteiger partial charge in [0.15, 0.2) is 0 Å². The summed E-state index contributed by atoms with van der Waals surface area (Å²) in [5, 5.41) is 8.88. The fraction of sp³-hybridized carbons (Fsp3) is 0.455. The number of ketones is 1. The number of Topliss-reactive ketones (excluding diaryl/α,β-unsaturated/α-hetero) is 1. The van der Waals surface area contributed by atoms with Crippen LogP contribution in [0.3, 0.4) is 0 Å². The van der Waals surface area contributed by atoms with Gasteiger partial charge in [0.25, 0.3) is 0 Å². The molecule has 150 valence electrons. The Kier molecular flexibility index (Phi) is 5.95. The Morgan fingerprint density at radius 3 is 2.52 bits per heavy atom. The molecule has 0 unspecified atom stereocenters. The molecule has 0 saturated carbocycles. The topological polar surface area (TPSA) is 82.4 Å². The third-order valence-corrected chi connectivity index (χ3v) is 5.96. The molecular formula is C22H25N5O2. The molecule has 2 saturated heterocycles. The number of nitriles is 1. The minimum Gasteiger partial charge on any atom is -0.381 e. The summed E-state index contributed by atoms with van der Waals surface area (Å²) in [6, 6.07) is 11.3. The zero-order valence-electron chi connectivity index (χ0n) is 16.5. The molecule has 7 nitrogen and oxygen atoms in total. The van der Waals surface area contributed by atoms with Crippen molar-refractivity contribution in [3.8, 4) is 6.07 Å². The highest BCUT2D eigenvalue weighted by Crippen LogP contribution is 2.32. The van der Waals surface area contributed by atoms with Gasteiger partial charge in [-0.2, -0.15) is 5.26 Å². The summed E-state index contributed by atoms with van der Waals surface area (Å²) in [6.07, 6.45) is 4.88. The first-order valence-corrected chi connectivity index (χ1v) is 10.1. The molecule has 2 fully saturated rings. The Labute approximate surface area is 170 Å². The van der Waals surface area contributed by atoms with Gasteiger partial charge in [0.2, 0.25) is 5.78 Å². The molecule has 4 rings (SSSR count). The highest BCUT2D eigenvalue weighted by molar-refractivity contribution is 6.01. The first-order valence-electron chi connectivity index (χ1n) is 10.1. The lowest BCUT2D eigenvalue weighted by Crippen LogP contribution is -2.62. The summed E-state index contributed by atoms with van der Waals surface area (Å²) in [4.78, 5) is 26.6. The van der Waals surface area contributed by atoms with Crippen LogP contribution in [-0.2, 0) is 11.3 Å². The molecule has 0 spiro atoms. The van der Waals surface area contributed by atoms with Gasteiger partial charge in [-0.3, -0.25) is 19.6 Å². The average Bonchev–Trinajstić information content (AvgIpc) is 2.80.